The van der Waals surface area contributed by atoms with Gasteiger partial charge in [-0.25, -0.2) is 4.79 Å². The first-order valence-corrected chi connectivity index (χ1v) is 8.12. The fourth-order valence-corrected chi connectivity index (χ4v) is 2.44. The van der Waals surface area contributed by atoms with E-state index in [0.29, 0.717) is 15.1 Å². The largest absolute Gasteiger partial charge is 0.480 e. The van der Waals surface area contributed by atoms with Crippen LogP contribution >= 0.6 is 27.5 Å². The van der Waals surface area contributed by atoms with Gasteiger partial charge in [0.1, 0.15) is 6.04 Å². The molecule has 1 amide bonds. The van der Waals surface area contributed by atoms with E-state index in [2.05, 4.69) is 21.2 Å². The molecule has 0 aliphatic carbocycles. The minimum absolute atomic E-state index is 0.0711. The molecule has 126 valence electrons. The summed E-state index contributed by atoms with van der Waals surface area (Å²) in [7, 11) is 0. The highest BCUT2D eigenvalue weighted by Gasteiger charge is 2.22. The lowest BCUT2D eigenvalue weighted by Crippen LogP contribution is -2.42. The number of rotatable bonds is 8. The first-order chi connectivity index (χ1) is 10.8. The van der Waals surface area contributed by atoms with E-state index >= 15 is 0 Å². The van der Waals surface area contributed by atoms with Crippen LogP contribution in [0, 0.1) is 0 Å². The molecule has 0 aliphatic heterocycles. The number of aliphatic carboxylic acids is 1. The maximum Gasteiger partial charge on any atom is 0.326 e. The standard InChI is InChI=1S/C15H17BrClNO5/c1-2-23-14(20)6-5-13(19)18-12(15(21)22)8-9-7-10(17)3-4-11(9)16/h3-4,7,12H,2,5-6,8H2,1H3,(H,18,19)(H,21,22)/t12-/m1/s1. The van der Waals surface area contributed by atoms with Crippen molar-refractivity contribution in [1.29, 1.82) is 0 Å². The predicted octanol–water partition coefficient (Wildman–Crippen LogP) is 2.56. The zero-order valence-corrected chi connectivity index (χ0v) is 14.8. The number of carbonyl (C=O) groups excluding carboxylic acids is 2. The highest BCUT2D eigenvalue weighted by Crippen LogP contribution is 2.22. The summed E-state index contributed by atoms with van der Waals surface area (Å²) in [5, 5.41) is 12.1. The van der Waals surface area contributed by atoms with Crippen LogP contribution in [-0.4, -0.2) is 35.6 Å². The second-order valence-electron chi connectivity index (χ2n) is 4.70. The molecule has 1 aromatic carbocycles. The molecule has 0 aliphatic rings. The fourth-order valence-electron chi connectivity index (χ4n) is 1.83. The number of esters is 1. The molecule has 0 spiro atoms. The van der Waals surface area contributed by atoms with E-state index in [0.717, 1.165) is 0 Å². The molecule has 1 rings (SSSR count). The van der Waals surface area contributed by atoms with E-state index in [1.165, 1.54) is 0 Å². The molecule has 1 atom stereocenters. The highest BCUT2D eigenvalue weighted by molar-refractivity contribution is 9.10. The smallest absolute Gasteiger partial charge is 0.326 e. The molecule has 0 bridgehead atoms. The van der Waals surface area contributed by atoms with Crippen molar-refractivity contribution >= 4 is 45.4 Å². The monoisotopic (exact) mass is 405 g/mol. The van der Waals surface area contributed by atoms with Gasteiger partial charge in [0.15, 0.2) is 0 Å². The third-order valence-corrected chi connectivity index (χ3v) is 3.94. The molecule has 1 aromatic rings. The normalized spacial score (nSPS) is 11.6. The first kappa shape index (κ1) is 19.4. The van der Waals surface area contributed by atoms with E-state index in [4.69, 9.17) is 16.3 Å². The Balaban J connectivity index is 2.65. The summed E-state index contributed by atoms with van der Waals surface area (Å²) >= 11 is 9.21. The summed E-state index contributed by atoms with van der Waals surface area (Å²) in [6, 6.07) is 3.90. The lowest BCUT2D eigenvalue weighted by molar-refractivity contribution is -0.144. The minimum Gasteiger partial charge on any atom is -0.480 e. The van der Waals surface area contributed by atoms with Crippen molar-refractivity contribution in [2.45, 2.75) is 32.2 Å². The quantitative estimate of drug-likeness (QED) is 0.647. The third kappa shape index (κ3) is 7.00. The van der Waals surface area contributed by atoms with Crippen molar-refractivity contribution in [3.8, 4) is 0 Å². The van der Waals surface area contributed by atoms with Crippen molar-refractivity contribution in [1.82, 2.24) is 5.32 Å². The van der Waals surface area contributed by atoms with Crippen LogP contribution in [0.3, 0.4) is 0 Å². The van der Waals surface area contributed by atoms with Gasteiger partial charge in [0.2, 0.25) is 5.91 Å². The zero-order chi connectivity index (χ0) is 17.4. The Kier molecular flexibility index (Phi) is 8.05. The van der Waals surface area contributed by atoms with Crippen molar-refractivity contribution in [2.24, 2.45) is 0 Å². The number of halogens is 2. The van der Waals surface area contributed by atoms with E-state index in [9.17, 15) is 19.5 Å². The maximum absolute atomic E-state index is 11.8. The summed E-state index contributed by atoms with van der Waals surface area (Å²) in [6.45, 7) is 1.91. The molecule has 0 aromatic heterocycles. The molecule has 0 radical (unpaired) electrons. The van der Waals surface area contributed by atoms with Crippen molar-refractivity contribution in [3.05, 3.63) is 33.3 Å². The molecule has 0 heterocycles. The van der Waals surface area contributed by atoms with Gasteiger partial charge in [-0.2, -0.15) is 0 Å². The highest BCUT2D eigenvalue weighted by atomic mass is 79.9. The van der Waals surface area contributed by atoms with Crippen LogP contribution in [0.25, 0.3) is 0 Å². The summed E-state index contributed by atoms with van der Waals surface area (Å²) in [4.78, 5) is 34.3. The Morgan fingerprint density at radius 2 is 2.04 bits per heavy atom. The topological polar surface area (TPSA) is 92.7 Å². The zero-order valence-electron chi connectivity index (χ0n) is 12.5. The second kappa shape index (κ2) is 9.52. The van der Waals surface area contributed by atoms with E-state index in [1.54, 1.807) is 25.1 Å². The molecule has 0 fully saturated rings. The number of hydrogen-bond donors (Lipinski definition) is 2. The molecule has 2 N–H and O–H groups in total. The van der Waals surface area contributed by atoms with Gasteiger partial charge in [-0.1, -0.05) is 27.5 Å². The average molecular weight is 407 g/mol. The summed E-state index contributed by atoms with van der Waals surface area (Å²) in [6.07, 6.45) is -0.145. The second-order valence-corrected chi connectivity index (χ2v) is 5.99. The van der Waals surface area contributed by atoms with E-state index < -0.39 is 23.9 Å². The molecule has 6 nitrogen and oxygen atoms in total. The number of amides is 1. The van der Waals surface area contributed by atoms with Gasteiger partial charge in [0, 0.05) is 22.3 Å². The van der Waals surface area contributed by atoms with Crippen LogP contribution in [0.15, 0.2) is 22.7 Å². The minimum atomic E-state index is -1.17. The van der Waals surface area contributed by atoms with Crippen LogP contribution in [0.1, 0.15) is 25.3 Å². The average Bonchev–Trinajstić information content (AvgIpc) is 2.48. The van der Waals surface area contributed by atoms with Gasteiger partial charge in [-0.05, 0) is 30.7 Å². The van der Waals surface area contributed by atoms with Gasteiger partial charge in [0.25, 0.3) is 0 Å². The lowest BCUT2D eigenvalue weighted by atomic mass is 10.1. The van der Waals surface area contributed by atoms with Crippen molar-refractivity contribution in [3.63, 3.8) is 0 Å². The number of hydrogen-bond acceptors (Lipinski definition) is 4. The number of nitrogens with one attached hydrogen (secondary N) is 1. The van der Waals surface area contributed by atoms with Crippen LogP contribution in [0.4, 0.5) is 0 Å². The van der Waals surface area contributed by atoms with E-state index in [1.807, 2.05) is 0 Å². The van der Waals surface area contributed by atoms with Gasteiger partial charge in [0.05, 0.1) is 13.0 Å². The van der Waals surface area contributed by atoms with Crippen LogP contribution in [-0.2, 0) is 25.5 Å². The molecule has 0 unspecified atom stereocenters. The third-order valence-electron chi connectivity index (χ3n) is 2.93. The molecular weight excluding hydrogens is 390 g/mol. The summed E-state index contributed by atoms with van der Waals surface area (Å²) in [5.41, 5.74) is 0.663. The first-order valence-electron chi connectivity index (χ1n) is 6.95. The number of carboxylic acid groups (broad SMARTS) is 1. The van der Waals surface area contributed by atoms with Gasteiger partial charge >= 0.3 is 11.9 Å². The summed E-state index contributed by atoms with van der Waals surface area (Å²) < 4.78 is 5.42. The van der Waals surface area contributed by atoms with Crippen LogP contribution in [0.5, 0.6) is 0 Å². The van der Waals surface area contributed by atoms with E-state index in [-0.39, 0.29) is 25.9 Å². The predicted molar refractivity (Wildman–Crippen MR) is 88.3 cm³/mol. The number of carboxylic acids is 1. The Hall–Kier alpha value is -1.60. The maximum atomic E-state index is 11.8. The Labute approximate surface area is 147 Å². The number of benzene rings is 1. The van der Waals surface area contributed by atoms with Gasteiger partial charge in [-0.3, -0.25) is 9.59 Å². The molecule has 0 saturated heterocycles. The molecule has 0 saturated carbocycles. The summed E-state index contributed by atoms with van der Waals surface area (Å²) in [5.74, 6) is -2.18. The number of ether oxygens (including phenoxy) is 1. The Morgan fingerprint density at radius 3 is 2.65 bits per heavy atom. The molecular formula is C15H17BrClNO5. The molecule has 8 heteroatoms. The molecule has 23 heavy (non-hydrogen) atoms. The van der Waals surface area contributed by atoms with Crippen molar-refractivity contribution in [2.75, 3.05) is 6.61 Å². The van der Waals surface area contributed by atoms with Gasteiger partial charge < -0.3 is 15.2 Å². The number of carbonyl (C=O) groups is 3. The Bertz CT molecular complexity index is 593. The van der Waals surface area contributed by atoms with Crippen LogP contribution in [0.2, 0.25) is 5.02 Å². The lowest BCUT2D eigenvalue weighted by Gasteiger charge is -2.15. The fraction of sp³-hybridized carbons (Fsp3) is 0.400. The SMILES string of the molecule is CCOC(=O)CCC(=O)N[C@H](Cc1cc(Cl)ccc1Br)C(=O)O. The van der Waals surface area contributed by atoms with Gasteiger partial charge in [-0.15, -0.1) is 0 Å². The van der Waals surface area contributed by atoms with Crippen LogP contribution < -0.4 is 5.32 Å². The Morgan fingerprint density at radius 1 is 1.35 bits per heavy atom. The van der Waals surface area contributed by atoms with Crippen molar-refractivity contribution < 1.29 is 24.2 Å².